The van der Waals surface area contributed by atoms with Crippen LogP contribution in [0.4, 0.5) is 11.6 Å². The Bertz CT molecular complexity index is 781. The summed E-state index contributed by atoms with van der Waals surface area (Å²) in [5.74, 6) is 1.99. The maximum absolute atomic E-state index is 12.7. The van der Waals surface area contributed by atoms with Gasteiger partial charge in [-0.15, -0.1) is 22.0 Å². The van der Waals surface area contributed by atoms with Gasteiger partial charge in [-0.05, 0) is 61.9 Å². The molecule has 28 heavy (non-hydrogen) atoms. The largest absolute Gasteiger partial charge is 0.355 e. The molecular formula is C21H27N5OS. The lowest BCUT2D eigenvalue weighted by atomic mass is 10.1. The fourth-order valence-corrected chi connectivity index (χ4v) is 4.24. The minimum Gasteiger partial charge on any atom is -0.355 e. The standard InChI is InChI=1S/C21H27N5OS/c1-28-18-7-5-17(6-8-18)21(27)26-15-13-25(14-16-26)20-10-9-19(22-23-20)24-11-3-2-4-12-24/h5-10H,2-4,11-16H2,1H3. The Labute approximate surface area is 170 Å². The number of piperazine rings is 1. The van der Waals surface area contributed by atoms with Crippen LogP contribution in [0.25, 0.3) is 0 Å². The van der Waals surface area contributed by atoms with Gasteiger partial charge in [0, 0.05) is 49.7 Å². The van der Waals surface area contributed by atoms with Gasteiger partial charge in [0.05, 0.1) is 0 Å². The van der Waals surface area contributed by atoms with Crippen molar-refractivity contribution >= 4 is 29.3 Å². The first-order valence-corrected chi connectivity index (χ1v) is 11.2. The molecule has 3 heterocycles. The average molecular weight is 398 g/mol. The van der Waals surface area contributed by atoms with E-state index in [9.17, 15) is 4.79 Å². The molecule has 6 nitrogen and oxygen atoms in total. The minimum atomic E-state index is 0.110. The van der Waals surface area contributed by atoms with Crippen LogP contribution in [0.1, 0.15) is 29.6 Å². The molecular weight excluding hydrogens is 370 g/mol. The van der Waals surface area contributed by atoms with Gasteiger partial charge < -0.3 is 14.7 Å². The van der Waals surface area contributed by atoms with Crippen LogP contribution < -0.4 is 9.80 Å². The number of rotatable bonds is 4. The lowest BCUT2D eigenvalue weighted by Gasteiger charge is -2.35. The predicted molar refractivity (Wildman–Crippen MR) is 114 cm³/mol. The van der Waals surface area contributed by atoms with E-state index in [-0.39, 0.29) is 5.91 Å². The van der Waals surface area contributed by atoms with Gasteiger partial charge in [0.15, 0.2) is 11.6 Å². The Morgan fingerprint density at radius 3 is 1.89 bits per heavy atom. The highest BCUT2D eigenvalue weighted by atomic mass is 32.2. The van der Waals surface area contributed by atoms with E-state index >= 15 is 0 Å². The van der Waals surface area contributed by atoms with E-state index in [1.807, 2.05) is 35.4 Å². The third-order valence-corrected chi connectivity index (χ3v) is 6.29. The maximum Gasteiger partial charge on any atom is 0.253 e. The topological polar surface area (TPSA) is 52.6 Å². The third kappa shape index (κ3) is 4.24. The van der Waals surface area contributed by atoms with E-state index in [2.05, 4.69) is 32.1 Å². The molecule has 0 aliphatic carbocycles. The monoisotopic (exact) mass is 397 g/mol. The molecule has 1 aromatic carbocycles. The van der Waals surface area contributed by atoms with Gasteiger partial charge in [-0.3, -0.25) is 4.79 Å². The summed E-state index contributed by atoms with van der Waals surface area (Å²) in [4.78, 5) is 20.4. The summed E-state index contributed by atoms with van der Waals surface area (Å²) >= 11 is 1.69. The van der Waals surface area contributed by atoms with Crippen LogP contribution in [0.15, 0.2) is 41.3 Å². The van der Waals surface area contributed by atoms with E-state index in [1.54, 1.807) is 11.8 Å². The molecule has 0 N–H and O–H groups in total. The van der Waals surface area contributed by atoms with Crippen LogP contribution in [0.2, 0.25) is 0 Å². The highest BCUT2D eigenvalue weighted by Crippen LogP contribution is 2.21. The molecule has 2 fully saturated rings. The molecule has 2 saturated heterocycles. The zero-order valence-corrected chi connectivity index (χ0v) is 17.2. The van der Waals surface area contributed by atoms with Gasteiger partial charge in [0.1, 0.15) is 0 Å². The molecule has 1 aromatic heterocycles. The maximum atomic E-state index is 12.7. The van der Waals surface area contributed by atoms with Crippen LogP contribution in [-0.2, 0) is 0 Å². The number of carbonyl (C=O) groups excluding carboxylic acids is 1. The number of piperidine rings is 1. The predicted octanol–water partition coefficient (Wildman–Crippen LogP) is 3.15. The number of thioether (sulfide) groups is 1. The summed E-state index contributed by atoms with van der Waals surface area (Å²) in [5.41, 5.74) is 0.761. The van der Waals surface area contributed by atoms with Crippen LogP contribution in [-0.4, -0.2) is 66.5 Å². The van der Waals surface area contributed by atoms with E-state index in [4.69, 9.17) is 0 Å². The number of benzene rings is 1. The van der Waals surface area contributed by atoms with Crippen LogP contribution >= 0.6 is 11.8 Å². The second-order valence-electron chi connectivity index (χ2n) is 7.31. The van der Waals surface area contributed by atoms with Gasteiger partial charge in [0.2, 0.25) is 0 Å². The number of aromatic nitrogens is 2. The molecule has 0 atom stereocenters. The number of anilines is 2. The average Bonchev–Trinajstić information content (AvgIpc) is 2.79. The number of carbonyl (C=O) groups is 1. The van der Waals surface area contributed by atoms with Crippen molar-refractivity contribution in [3.05, 3.63) is 42.0 Å². The summed E-state index contributed by atoms with van der Waals surface area (Å²) in [6.45, 7) is 5.13. The molecule has 0 bridgehead atoms. The SMILES string of the molecule is CSc1ccc(C(=O)N2CCN(c3ccc(N4CCCCC4)nn3)CC2)cc1. The second-order valence-corrected chi connectivity index (χ2v) is 8.18. The van der Waals surface area contributed by atoms with Gasteiger partial charge in [-0.1, -0.05) is 0 Å². The van der Waals surface area contributed by atoms with Crippen molar-refractivity contribution in [1.82, 2.24) is 15.1 Å². The normalized spacial score (nSPS) is 17.7. The third-order valence-electron chi connectivity index (χ3n) is 5.54. The summed E-state index contributed by atoms with van der Waals surface area (Å²) in [6, 6.07) is 12.0. The van der Waals surface area contributed by atoms with Crippen LogP contribution in [0, 0.1) is 0 Å². The second kappa shape index (κ2) is 8.82. The van der Waals surface area contributed by atoms with Crippen molar-refractivity contribution < 1.29 is 4.79 Å². The van der Waals surface area contributed by atoms with Crippen LogP contribution in [0.3, 0.4) is 0 Å². The highest BCUT2D eigenvalue weighted by Gasteiger charge is 2.23. The zero-order valence-electron chi connectivity index (χ0n) is 16.4. The molecule has 0 spiro atoms. The number of hydrogen-bond acceptors (Lipinski definition) is 6. The molecule has 0 radical (unpaired) electrons. The van der Waals surface area contributed by atoms with Crippen molar-refractivity contribution in [2.75, 3.05) is 55.3 Å². The lowest BCUT2D eigenvalue weighted by Crippen LogP contribution is -2.49. The smallest absolute Gasteiger partial charge is 0.253 e. The quantitative estimate of drug-likeness (QED) is 0.739. The Morgan fingerprint density at radius 1 is 0.786 bits per heavy atom. The first kappa shape index (κ1) is 19.1. The molecule has 7 heteroatoms. The summed E-state index contributed by atoms with van der Waals surface area (Å²) in [5, 5.41) is 8.90. The fourth-order valence-electron chi connectivity index (χ4n) is 3.83. The van der Waals surface area contributed by atoms with E-state index in [1.165, 1.54) is 24.2 Å². The molecule has 2 aliphatic rings. The zero-order chi connectivity index (χ0) is 19.3. The molecule has 2 aromatic rings. The van der Waals surface area contributed by atoms with Gasteiger partial charge in [-0.2, -0.15) is 0 Å². The van der Waals surface area contributed by atoms with Gasteiger partial charge in [0.25, 0.3) is 5.91 Å². The number of hydrogen-bond donors (Lipinski definition) is 0. The van der Waals surface area contributed by atoms with Gasteiger partial charge >= 0.3 is 0 Å². The Hall–Kier alpha value is -2.28. The Morgan fingerprint density at radius 2 is 1.36 bits per heavy atom. The van der Waals surface area contributed by atoms with E-state index in [0.717, 1.165) is 43.4 Å². The van der Waals surface area contributed by atoms with E-state index in [0.29, 0.717) is 13.1 Å². The first-order chi connectivity index (χ1) is 13.7. The highest BCUT2D eigenvalue weighted by molar-refractivity contribution is 7.98. The molecule has 1 amide bonds. The van der Waals surface area contributed by atoms with Crippen LogP contribution in [0.5, 0.6) is 0 Å². The summed E-state index contributed by atoms with van der Waals surface area (Å²) in [7, 11) is 0. The first-order valence-electron chi connectivity index (χ1n) is 10.0. The van der Waals surface area contributed by atoms with E-state index < -0.39 is 0 Å². The van der Waals surface area contributed by atoms with Crippen molar-refractivity contribution in [2.45, 2.75) is 24.2 Å². The molecule has 2 aliphatic heterocycles. The molecule has 0 saturated carbocycles. The van der Waals surface area contributed by atoms with Crippen molar-refractivity contribution in [2.24, 2.45) is 0 Å². The fraction of sp³-hybridized carbons (Fsp3) is 0.476. The Kier molecular flexibility index (Phi) is 6.00. The van der Waals surface area contributed by atoms with Crippen molar-refractivity contribution in [3.8, 4) is 0 Å². The minimum absolute atomic E-state index is 0.110. The molecule has 0 unspecified atom stereocenters. The summed E-state index contributed by atoms with van der Waals surface area (Å²) in [6.07, 6.45) is 5.82. The lowest BCUT2D eigenvalue weighted by molar-refractivity contribution is 0.0746. The number of amides is 1. The summed E-state index contributed by atoms with van der Waals surface area (Å²) < 4.78 is 0. The Balaban J connectivity index is 1.33. The van der Waals surface area contributed by atoms with Crippen molar-refractivity contribution in [3.63, 3.8) is 0 Å². The number of nitrogens with zero attached hydrogens (tertiary/aromatic N) is 5. The van der Waals surface area contributed by atoms with Gasteiger partial charge in [-0.25, -0.2) is 0 Å². The van der Waals surface area contributed by atoms with Crippen molar-refractivity contribution in [1.29, 1.82) is 0 Å². The molecule has 148 valence electrons. The molecule has 4 rings (SSSR count).